The summed E-state index contributed by atoms with van der Waals surface area (Å²) in [7, 11) is 0. The van der Waals surface area contributed by atoms with Gasteiger partial charge in [-0.2, -0.15) is 0 Å². The molecule has 0 aromatic carbocycles. The molecule has 3 atom stereocenters. The van der Waals surface area contributed by atoms with Gasteiger partial charge in [-0.3, -0.25) is 9.59 Å². The van der Waals surface area contributed by atoms with E-state index in [9.17, 15) is 9.59 Å². The summed E-state index contributed by atoms with van der Waals surface area (Å²) in [6.07, 6.45) is 7.00. The molecule has 0 saturated heterocycles. The van der Waals surface area contributed by atoms with Crippen LogP contribution in [-0.4, -0.2) is 11.6 Å². The Morgan fingerprint density at radius 3 is 3.00 bits per heavy atom. The Bertz CT molecular complexity index is 405. The predicted molar refractivity (Wildman–Crippen MR) is 56.2 cm³/mol. The molecule has 1 spiro atoms. The van der Waals surface area contributed by atoms with Gasteiger partial charge in [0.25, 0.3) is 0 Å². The number of hydrogen-bond donors (Lipinski definition) is 0. The summed E-state index contributed by atoms with van der Waals surface area (Å²) in [5.74, 6) is 0.991. The normalized spacial score (nSPS) is 43.3. The van der Waals surface area contributed by atoms with E-state index >= 15 is 0 Å². The van der Waals surface area contributed by atoms with Gasteiger partial charge in [-0.15, -0.1) is 0 Å². The van der Waals surface area contributed by atoms with Crippen molar-refractivity contribution in [2.75, 3.05) is 0 Å². The van der Waals surface area contributed by atoms with E-state index in [1.165, 1.54) is 0 Å². The smallest absolute Gasteiger partial charge is 0.169 e. The zero-order valence-electron chi connectivity index (χ0n) is 8.66. The van der Waals surface area contributed by atoms with E-state index in [-0.39, 0.29) is 23.0 Å². The van der Waals surface area contributed by atoms with Crippen LogP contribution >= 0.6 is 0 Å². The highest BCUT2D eigenvalue weighted by atomic mass is 16.1. The van der Waals surface area contributed by atoms with Gasteiger partial charge in [0.05, 0.1) is 5.41 Å². The second-order valence-electron chi connectivity index (χ2n) is 5.04. The average molecular weight is 202 g/mol. The lowest BCUT2D eigenvalue weighted by atomic mass is 9.52. The Kier molecular flexibility index (Phi) is 1.63. The van der Waals surface area contributed by atoms with Gasteiger partial charge in [-0.1, -0.05) is 18.7 Å². The molecule has 0 amide bonds. The molecule has 0 N–H and O–H groups in total. The number of allylic oxidation sites excluding steroid dienone is 3. The van der Waals surface area contributed by atoms with Crippen molar-refractivity contribution in [3.8, 4) is 0 Å². The first-order valence-electron chi connectivity index (χ1n) is 5.58. The summed E-state index contributed by atoms with van der Waals surface area (Å²) in [6.45, 7) is 3.90. The van der Waals surface area contributed by atoms with Crippen LogP contribution in [0.3, 0.4) is 0 Å². The Balaban J connectivity index is 2.08. The minimum Gasteiger partial charge on any atom is -0.300 e. The summed E-state index contributed by atoms with van der Waals surface area (Å²) in [4.78, 5) is 23.6. The summed E-state index contributed by atoms with van der Waals surface area (Å²) < 4.78 is 0. The van der Waals surface area contributed by atoms with Gasteiger partial charge in [0, 0.05) is 18.8 Å². The van der Waals surface area contributed by atoms with Crippen molar-refractivity contribution in [3.05, 3.63) is 24.3 Å². The fourth-order valence-corrected chi connectivity index (χ4v) is 3.40. The molecule has 0 aromatic heterocycles. The summed E-state index contributed by atoms with van der Waals surface area (Å²) >= 11 is 0. The lowest BCUT2D eigenvalue weighted by molar-refractivity contribution is -0.135. The van der Waals surface area contributed by atoms with Gasteiger partial charge >= 0.3 is 0 Å². The van der Waals surface area contributed by atoms with Crippen molar-refractivity contribution >= 4 is 11.6 Å². The third-order valence-electron chi connectivity index (χ3n) is 4.35. The molecule has 0 radical (unpaired) electrons. The zero-order valence-corrected chi connectivity index (χ0v) is 8.66. The van der Waals surface area contributed by atoms with Crippen molar-refractivity contribution in [1.82, 2.24) is 0 Å². The van der Waals surface area contributed by atoms with E-state index in [4.69, 9.17) is 0 Å². The third-order valence-corrected chi connectivity index (χ3v) is 4.35. The highest BCUT2D eigenvalue weighted by molar-refractivity contribution is 6.05. The standard InChI is InChI=1S/C13H14O2/c1-8-9-2-4-13(12(8)15)5-3-11(14)7-10(13)6-9/h2,4,9-10H,1,3,5-7H2/t9-,10-,13-/m0/s1. The third kappa shape index (κ3) is 0.996. The molecule has 2 saturated carbocycles. The van der Waals surface area contributed by atoms with Crippen LogP contribution in [-0.2, 0) is 9.59 Å². The van der Waals surface area contributed by atoms with Crippen molar-refractivity contribution in [2.45, 2.75) is 25.7 Å². The largest absolute Gasteiger partial charge is 0.300 e. The highest BCUT2D eigenvalue weighted by Gasteiger charge is 2.54. The van der Waals surface area contributed by atoms with E-state index in [1.54, 1.807) is 0 Å². The van der Waals surface area contributed by atoms with Gasteiger partial charge in [-0.05, 0) is 24.3 Å². The molecular formula is C13H14O2. The highest BCUT2D eigenvalue weighted by Crippen LogP contribution is 2.55. The van der Waals surface area contributed by atoms with Gasteiger partial charge in [-0.25, -0.2) is 0 Å². The van der Waals surface area contributed by atoms with Gasteiger partial charge < -0.3 is 0 Å². The van der Waals surface area contributed by atoms with Crippen molar-refractivity contribution < 1.29 is 9.59 Å². The molecule has 2 bridgehead atoms. The van der Waals surface area contributed by atoms with Gasteiger partial charge in [0.1, 0.15) is 5.78 Å². The Hall–Kier alpha value is -1.18. The average Bonchev–Trinajstić information content (AvgIpc) is 2.24. The van der Waals surface area contributed by atoms with Gasteiger partial charge in [0.2, 0.25) is 0 Å². The number of fused-ring (bicyclic) bond motifs is 1. The lowest BCUT2D eigenvalue weighted by Gasteiger charge is -2.49. The Morgan fingerprint density at radius 2 is 2.20 bits per heavy atom. The van der Waals surface area contributed by atoms with E-state index in [1.807, 2.05) is 0 Å². The zero-order chi connectivity index (χ0) is 10.6. The van der Waals surface area contributed by atoms with E-state index < -0.39 is 0 Å². The SMILES string of the molecule is C=C1C(=O)[C@]23C=C[C@H]1C[C@H]2CC(=O)CC3. The first kappa shape index (κ1) is 9.08. The van der Waals surface area contributed by atoms with Crippen LogP contribution in [0.4, 0.5) is 0 Å². The first-order chi connectivity index (χ1) is 7.13. The van der Waals surface area contributed by atoms with Crippen LogP contribution in [0.15, 0.2) is 24.3 Å². The fourth-order valence-electron chi connectivity index (χ4n) is 3.40. The minimum absolute atomic E-state index is 0.204. The van der Waals surface area contributed by atoms with Crippen LogP contribution in [0.25, 0.3) is 0 Å². The summed E-state index contributed by atoms with van der Waals surface area (Å²) in [6, 6.07) is 0. The quantitative estimate of drug-likeness (QED) is 0.445. The molecule has 0 aliphatic heterocycles. The van der Waals surface area contributed by atoms with Crippen LogP contribution in [0.1, 0.15) is 25.7 Å². The number of carbonyl (C=O) groups is 2. The van der Waals surface area contributed by atoms with Crippen molar-refractivity contribution in [2.24, 2.45) is 17.3 Å². The molecule has 15 heavy (non-hydrogen) atoms. The monoisotopic (exact) mass is 202 g/mol. The van der Waals surface area contributed by atoms with Gasteiger partial charge in [0.15, 0.2) is 5.78 Å². The Labute approximate surface area is 89.0 Å². The van der Waals surface area contributed by atoms with Crippen LogP contribution < -0.4 is 0 Å². The second kappa shape index (κ2) is 2.69. The summed E-state index contributed by atoms with van der Waals surface area (Å²) in [5, 5.41) is 0. The molecular weight excluding hydrogens is 188 g/mol. The minimum atomic E-state index is -0.347. The predicted octanol–water partition coefficient (Wildman–Crippen LogP) is 2.06. The number of carbonyl (C=O) groups excluding carboxylic acids is 2. The molecule has 4 aliphatic carbocycles. The first-order valence-corrected chi connectivity index (χ1v) is 5.58. The molecule has 2 nitrogen and oxygen atoms in total. The van der Waals surface area contributed by atoms with Crippen molar-refractivity contribution in [3.63, 3.8) is 0 Å². The number of Topliss-reactive ketones (excluding diaryl/α,β-unsaturated/α-hetero) is 2. The molecule has 0 unspecified atom stereocenters. The van der Waals surface area contributed by atoms with E-state index in [2.05, 4.69) is 18.7 Å². The van der Waals surface area contributed by atoms with Crippen molar-refractivity contribution in [1.29, 1.82) is 0 Å². The van der Waals surface area contributed by atoms with Crippen LogP contribution in [0.2, 0.25) is 0 Å². The van der Waals surface area contributed by atoms with E-state index in [0.29, 0.717) is 25.0 Å². The molecule has 0 heterocycles. The maximum atomic E-state index is 12.2. The van der Waals surface area contributed by atoms with Crippen LogP contribution in [0, 0.1) is 17.3 Å². The topological polar surface area (TPSA) is 34.1 Å². The lowest BCUT2D eigenvalue weighted by Crippen LogP contribution is -2.50. The molecule has 2 heteroatoms. The van der Waals surface area contributed by atoms with Crippen LogP contribution in [0.5, 0.6) is 0 Å². The summed E-state index contributed by atoms with van der Waals surface area (Å²) in [5.41, 5.74) is 0.419. The molecule has 2 fully saturated rings. The Morgan fingerprint density at radius 1 is 1.40 bits per heavy atom. The molecule has 4 aliphatic rings. The molecule has 4 rings (SSSR count). The maximum absolute atomic E-state index is 12.2. The molecule has 78 valence electrons. The molecule has 0 aromatic rings. The maximum Gasteiger partial charge on any atom is 0.169 e. The number of rotatable bonds is 0. The fraction of sp³-hybridized carbons (Fsp3) is 0.538. The number of ketones is 2. The van der Waals surface area contributed by atoms with E-state index in [0.717, 1.165) is 12.0 Å². The second-order valence-corrected chi connectivity index (χ2v) is 5.04. The number of hydrogen-bond acceptors (Lipinski definition) is 2.